The van der Waals surface area contributed by atoms with Crippen LogP contribution in [0.5, 0.6) is 0 Å². The smallest absolute Gasteiger partial charge is 0.168 e. The van der Waals surface area contributed by atoms with E-state index < -0.39 is 0 Å². The van der Waals surface area contributed by atoms with Crippen LogP contribution in [0.15, 0.2) is 140 Å². The molecule has 0 saturated heterocycles. The van der Waals surface area contributed by atoms with Gasteiger partial charge in [0.1, 0.15) is 0 Å². The van der Waals surface area contributed by atoms with Crippen LogP contribution in [-0.2, 0) is 0 Å². The Bertz CT molecular complexity index is 2380. The van der Waals surface area contributed by atoms with Crippen LogP contribution in [0.2, 0.25) is 0 Å². The molecule has 0 aliphatic carbocycles. The highest BCUT2D eigenvalue weighted by atomic mass is 32.1. The first kappa shape index (κ1) is 24.1. The first-order valence-electron chi connectivity index (χ1n) is 14.2. The van der Waals surface area contributed by atoms with E-state index in [0.29, 0.717) is 0 Å². The Labute approximate surface area is 250 Å². The van der Waals surface area contributed by atoms with Crippen LogP contribution in [-0.4, -0.2) is 24.3 Å². The predicted molar refractivity (Wildman–Crippen MR) is 177 cm³/mol. The number of aromatic nitrogens is 5. The minimum absolute atomic E-state index is 0.806. The van der Waals surface area contributed by atoms with Crippen molar-refractivity contribution in [3.05, 3.63) is 140 Å². The zero-order valence-corrected chi connectivity index (χ0v) is 23.7. The highest BCUT2D eigenvalue weighted by Crippen LogP contribution is 2.42. The molecule has 43 heavy (non-hydrogen) atoms. The molecule has 4 heterocycles. The molecule has 5 nitrogen and oxygen atoms in total. The third-order valence-electron chi connectivity index (χ3n) is 8.12. The van der Waals surface area contributed by atoms with Gasteiger partial charge in [-0.3, -0.25) is 9.55 Å². The first-order valence-corrected chi connectivity index (χ1v) is 15.0. The highest BCUT2D eigenvalue weighted by molar-refractivity contribution is 7.26. The zero-order chi connectivity index (χ0) is 28.3. The van der Waals surface area contributed by atoms with Gasteiger partial charge in [0.2, 0.25) is 0 Å². The maximum atomic E-state index is 4.89. The fraction of sp³-hybridized carbons (Fsp3) is 0. The van der Waals surface area contributed by atoms with Crippen LogP contribution < -0.4 is 0 Å². The summed E-state index contributed by atoms with van der Waals surface area (Å²) in [6, 6.07) is 46.5. The van der Waals surface area contributed by atoms with E-state index in [1.807, 2.05) is 60.0 Å². The van der Waals surface area contributed by atoms with Gasteiger partial charge in [-0.15, -0.1) is 21.5 Å². The van der Waals surface area contributed by atoms with Gasteiger partial charge in [-0.25, -0.2) is 0 Å². The van der Waals surface area contributed by atoms with E-state index in [4.69, 9.17) is 4.98 Å². The molecule has 0 radical (unpaired) electrons. The second kappa shape index (κ2) is 9.48. The van der Waals surface area contributed by atoms with Crippen molar-refractivity contribution in [2.75, 3.05) is 0 Å². The van der Waals surface area contributed by atoms with E-state index in [9.17, 15) is 0 Å². The number of pyridine rings is 1. The summed E-state index contributed by atoms with van der Waals surface area (Å²) in [5.74, 6) is 1.61. The number of benzene rings is 5. The van der Waals surface area contributed by atoms with E-state index in [1.165, 1.54) is 25.6 Å². The Kier molecular flexibility index (Phi) is 5.30. The van der Waals surface area contributed by atoms with Crippen LogP contribution in [0.4, 0.5) is 0 Å². The maximum Gasteiger partial charge on any atom is 0.168 e. The molecule has 0 atom stereocenters. The van der Waals surface area contributed by atoms with Gasteiger partial charge in [-0.1, -0.05) is 84.9 Å². The van der Waals surface area contributed by atoms with E-state index in [2.05, 4.69) is 110 Å². The molecule has 0 fully saturated rings. The highest BCUT2D eigenvalue weighted by Gasteiger charge is 2.20. The lowest BCUT2D eigenvalue weighted by molar-refractivity contribution is 1.07. The molecular formula is C37H23N5S. The molecule has 0 spiro atoms. The number of rotatable bonds is 4. The molecule has 9 rings (SSSR count). The van der Waals surface area contributed by atoms with Gasteiger partial charge < -0.3 is 4.57 Å². The molecule has 9 aromatic rings. The molecule has 0 amide bonds. The molecule has 6 heteroatoms. The normalized spacial score (nSPS) is 11.7. The third kappa shape index (κ3) is 3.67. The van der Waals surface area contributed by atoms with Gasteiger partial charge in [-0.05, 0) is 48.5 Å². The minimum atomic E-state index is 0.806. The van der Waals surface area contributed by atoms with Crippen LogP contribution in [0, 0.1) is 0 Å². The summed E-state index contributed by atoms with van der Waals surface area (Å²) in [5, 5.41) is 13.1. The van der Waals surface area contributed by atoms with Crippen molar-refractivity contribution in [3.63, 3.8) is 0 Å². The molecule has 5 aromatic carbocycles. The van der Waals surface area contributed by atoms with Gasteiger partial charge in [0.05, 0.1) is 16.6 Å². The second-order valence-corrected chi connectivity index (χ2v) is 11.6. The second-order valence-electron chi connectivity index (χ2n) is 10.6. The summed E-state index contributed by atoms with van der Waals surface area (Å²) < 4.78 is 7.04. The Morgan fingerprint density at radius 3 is 1.81 bits per heavy atom. The lowest BCUT2D eigenvalue weighted by atomic mass is 10.1. The van der Waals surface area contributed by atoms with E-state index in [0.717, 1.165) is 50.7 Å². The third-order valence-corrected chi connectivity index (χ3v) is 9.33. The quantitative estimate of drug-likeness (QED) is 0.212. The zero-order valence-electron chi connectivity index (χ0n) is 22.9. The van der Waals surface area contributed by atoms with E-state index >= 15 is 0 Å². The van der Waals surface area contributed by atoms with Crippen molar-refractivity contribution in [1.29, 1.82) is 0 Å². The molecule has 0 aliphatic heterocycles. The Hall–Kier alpha value is -5.59. The minimum Gasteiger partial charge on any atom is -0.308 e. The van der Waals surface area contributed by atoms with Crippen molar-refractivity contribution in [3.8, 4) is 34.2 Å². The van der Waals surface area contributed by atoms with Crippen LogP contribution >= 0.6 is 11.3 Å². The van der Waals surface area contributed by atoms with E-state index in [-0.39, 0.29) is 0 Å². The number of hydrogen-bond donors (Lipinski definition) is 0. The van der Waals surface area contributed by atoms with Crippen molar-refractivity contribution in [2.24, 2.45) is 0 Å². The van der Waals surface area contributed by atoms with Gasteiger partial charge >= 0.3 is 0 Å². The summed E-state index contributed by atoms with van der Waals surface area (Å²) in [5.41, 5.74) is 7.37. The van der Waals surface area contributed by atoms with Crippen molar-refractivity contribution in [2.45, 2.75) is 0 Å². The fourth-order valence-electron chi connectivity index (χ4n) is 6.20. The van der Waals surface area contributed by atoms with Gasteiger partial charge in [-0.2, -0.15) is 0 Å². The van der Waals surface area contributed by atoms with Crippen molar-refractivity contribution in [1.82, 2.24) is 24.3 Å². The SMILES string of the molecule is c1ccc(-c2nnc(-c3ccccc3)n2-c2ccc(-n3c4cccnc4c4c5sc6ccccc6c5ccc43)cc2)cc1. The topological polar surface area (TPSA) is 48.5 Å². The fourth-order valence-corrected chi connectivity index (χ4v) is 7.45. The molecule has 0 N–H and O–H groups in total. The number of thiophene rings is 1. The summed E-state index contributed by atoms with van der Waals surface area (Å²) in [6.45, 7) is 0. The molecule has 202 valence electrons. The van der Waals surface area contributed by atoms with Crippen LogP contribution in [0.25, 0.3) is 76.3 Å². The van der Waals surface area contributed by atoms with Gasteiger partial charge in [0, 0.05) is 54.3 Å². The predicted octanol–water partition coefficient (Wildman–Crippen LogP) is 9.46. The molecule has 0 unspecified atom stereocenters. The first-order chi connectivity index (χ1) is 21.3. The molecular weight excluding hydrogens is 547 g/mol. The summed E-state index contributed by atoms with van der Waals surface area (Å²) >= 11 is 1.84. The van der Waals surface area contributed by atoms with Crippen LogP contribution in [0.1, 0.15) is 0 Å². The standard InChI is InChI=1S/C37H23N5S/c1-3-10-24(11-4-1)36-39-40-37(25-12-5-2-6-13-25)42(36)27-19-17-26(18-20-27)41-30-22-21-29-28-14-7-8-16-32(28)43-35(29)33(30)34-31(41)15-9-23-38-34/h1-23H. The number of nitrogens with zero attached hydrogens (tertiary/aromatic N) is 5. The van der Waals surface area contributed by atoms with Gasteiger partial charge in [0.15, 0.2) is 11.6 Å². The monoisotopic (exact) mass is 569 g/mol. The maximum absolute atomic E-state index is 4.89. The van der Waals surface area contributed by atoms with Crippen LogP contribution in [0.3, 0.4) is 0 Å². The summed E-state index contributed by atoms with van der Waals surface area (Å²) in [7, 11) is 0. The van der Waals surface area contributed by atoms with Crippen molar-refractivity contribution >= 4 is 53.4 Å². The van der Waals surface area contributed by atoms with Crippen molar-refractivity contribution < 1.29 is 0 Å². The Morgan fingerprint density at radius 1 is 0.488 bits per heavy atom. The van der Waals surface area contributed by atoms with E-state index in [1.54, 1.807) is 0 Å². The lowest BCUT2D eigenvalue weighted by Crippen LogP contribution is -2.01. The molecule has 0 bridgehead atoms. The summed E-state index contributed by atoms with van der Waals surface area (Å²) in [4.78, 5) is 4.89. The molecule has 0 aliphatic rings. The van der Waals surface area contributed by atoms with Gasteiger partial charge in [0.25, 0.3) is 0 Å². The lowest BCUT2D eigenvalue weighted by Gasteiger charge is -2.13. The Morgan fingerprint density at radius 2 is 1.12 bits per heavy atom. The number of fused-ring (bicyclic) bond motifs is 7. The largest absolute Gasteiger partial charge is 0.308 e. The molecule has 4 aromatic heterocycles. The average Bonchev–Trinajstić information content (AvgIpc) is 3.78. The Balaban J connectivity index is 1.25. The summed E-state index contributed by atoms with van der Waals surface area (Å²) in [6.07, 6.45) is 1.89. The number of hydrogen-bond acceptors (Lipinski definition) is 4. The molecule has 0 saturated carbocycles. The average molecular weight is 570 g/mol.